The van der Waals surface area contributed by atoms with E-state index in [0.717, 1.165) is 17.7 Å². The molecule has 25 heavy (non-hydrogen) atoms. The van der Waals surface area contributed by atoms with E-state index >= 15 is 0 Å². The van der Waals surface area contributed by atoms with Crippen molar-refractivity contribution < 1.29 is 23.5 Å². The number of ether oxygens (including phenoxy) is 1. The van der Waals surface area contributed by atoms with Crippen LogP contribution < -0.4 is 5.32 Å². The van der Waals surface area contributed by atoms with Crippen LogP contribution in [0.5, 0.6) is 0 Å². The topological polar surface area (TPSA) is 75.7 Å². The molecule has 0 saturated carbocycles. The molecule has 1 saturated heterocycles. The maximum atomic E-state index is 13.7. The molecule has 0 spiro atoms. The van der Waals surface area contributed by atoms with E-state index in [0.29, 0.717) is 10.9 Å². The van der Waals surface area contributed by atoms with Gasteiger partial charge in [-0.2, -0.15) is 0 Å². The maximum Gasteiger partial charge on any atom is 0.326 e. The third kappa shape index (κ3) is 4.56. The molecule has 6 nitrogen and oxygen atoms in total. The number of imide groups is 1. The van der Waals surface area contributed by atoms with E-state index in [1.54, 1.807) is 13.0 Å². The molecule has 8 heteroatoms. The van der Waals surface area contributed by atoms with Gasteiger partial charge in [-0.15, -0.1) is 0 Å². The fourth-order valence-electron chi connectivity index (χ4n) is 2.56. The van der Waals surface area contributed by atoms with E-state index in [2.05, 4.69) is 21.2 Å². The van der Waals surface area contributed by atoms with E-state index in [4.69, 9.17) is 4.74 Å². The fraction of sp³-hybridized carbons (Fsp3) is 0.471. The molecule has 3 amide bonds. The van der Waals surface area contributed by atoms with Crippen LogP contribution in [0.2, 0.25) is 0 Å². The van der Waals surface area contributed by atoms with Crippen molar-refractivity contribution in [1.29, 1.82) is 0 Å². The lowest BCUT2D eigenvalue weighted by atomic mass is 9.95. The number of esters is 1. The Balaban J connectivity index is 1.93. The predicted molar refractivity (Wildman–Crippen MR) is 92.1 cm³/mol. The Labute approximate surface area is 153 Å². The van der Waals surface area contributed by atoms with Crippen LogP contribution in [0.15, 0.2) is 22.7 Å². The van der Waals surface area contributed by atoms with Crippen molar-refractivity contribution in [2.24, 2.45) is 0 Å². The number of hydrogen-bond acceptors (Lipinski definition) is 4. The predicted octanol–water partition coefficient (Wildman–Crippen LogP) is 3.13. The van der Waals surface area contributed by atoms with E-state index in [1.165, 1.54) is 12.1 Å². The molecule has 1 fully saturated rings. The number of hydrogen-bond donors (Lipinski definition) is 1. The zero-order valence-corrected chi connectivity index (χ0v) is 15.7. The van der Waals surface area contributed by atoms with Crippen molar-refractivity contribution in [3.8, 4) is 0 Å². The molecule has 1 aliphatic rings. The van der Waals surface area contributed by atoms with Crippen LogP contribution in [0.1, 0.15) is 38.7 Å². The lowest BCUT2D eigenvalue weighted by Gasteiger charge is -2.21. The van der Waals surface area contributed by atoms with Crippen molar-refractivity contribution in [3.63, 3.8) is 0 Å². The molecule has 0 aromatic heterocycles. The van der Waals surface area contributed by atoms with Gasteiger partial charge in [0.15, 0.2) is 0 Å². The van der Waals surface area contributed by atoms with E-state index in [1.807, 2.05) is 6.92 Å². The average Bonchev–Trinajstić information content (AvgIpc) is 2.76. The zero-order valence-electron chi connectivity index (χ0n) is 14.1. The number of benzene rings is 1. The van der Waals surface area contributed by atoms with E-state index in [-0.39, 0.29) is 12.2 Å². The summed E-state index contributed by atoms with van der Waals surface area (Å²) in [6.45, 7) is 2.87. The van der Waals surface area contributed by atoms with Gasteiger partial charge in [0.2, 0.25) is 0 Å². The van der Waals surface area contributed by atoms with Crippen molar-refractivity contribution in [2.75, 3.05) is 6.54 Å². The van der Waals surface area contributed by atoms with Crippen molar-refractivity contribution in [2.45, 2.75) is 45.3 Å². The summed E-state index contributed by atoms with van der Waals surface area (Å²) in [6, 6.07) is 3.76. The summed E-state index contributed by atoms with van der Waals surface area (Å²) < 4.78 is 19.3. The molecule has 0 unspecified atom stereocenters. The van der Waals surface area contributed by atoms with Crippen LogP contribution in [-0.4, -0.2) is 34.9 Å². The molecule has 1 N–H and O–H groups in total. The van der Waals surface area contributed by atoms with Crippen molar-refractivity contribution in [3.05, 3.63) is 34.1 Å². The average molecular weight is 415 g/mol. The van der Waals surface area contributed by atoms with Gasteiger partial charge in [-0.1, -0.05) is 41.8 Å². The van der Waals surface area contributed by atoms with Crippen LogP contribution in [0.4, 0.5) is 9.18 Å². The first-order valence-electron chi connectivity index (χ1n) is 8.00. The number of unbranched alkanes of at least 4 members (excludes halogenated alkanes) is 1. The molecular formula is C17H20BrFN2O4. The van der Waals surface area contributed by atoms with Crippen molar-refractivity contribution in [1.82, 2.24) is 10.2 Å². The minimum absolute atomic E-state index is 0.210. The number of carbonyl (C=O) groups excluding carboxylic acids is 3. The minimum Gasteiger partial charge on any atom is -0.459 e. The number of carbonyl (C=O) groups is 3. The Morgan fingerprint density at radius 2 is 2.12 bits per heavy atom. The third-order valence-electron chi connectivity index (χ3n) is 4.07. The number of halogens is 2. The lowest BCUT2D eigenvalue weighted by Crippen LogP contribution is -2.44. The van der Waals surface area contributed by atoms with Crippen LogP contribution in [0.25, 0.3) is 0 Å². The Morgan fingerprint density at radius 1 is 1.40 bits per heavy atom. The molecule has 1 heterocycles. The SMILES string of the molecule is CCCC[C@]1(C)NC(=O)N(CC(=O)OCc2ccc(Br)cc2F)C1=O. The van der Waals surface area contributed by atoms with Gasteiger partial charge in [0.1, 0.15) is 24.5 Å². The maximum absolute atomic E-state index is 13.7. The Morgan fingerprint density at radius 3 is 2.76 bits per heavy atom. The van der Waals surface area contributed by atoms with Gasteiger partial charge in [0, 0.05) is 10.0 Å². The van der Waals surface area contributed by atoms with E-state index in [9.17, 15) is 18.8 Å². The number of urea groups is 1. The summed E-state index contributed by atoms with van der Waals surface area (Å²) >= 11 is 3.14. The van der Waals surface area contributed by atoms with Gasteiger partial charge in [-0.3, -0.25) is 14.5 Å². The summed E-state index contributed by atoms with van der Waals surface area (Å²) in [7, 11) is 0. The Kier molecular flexibility index (Phi) is 6.16. The van der Waals surface area contributed by atoms with Gasteiger partial charge in [0.25, 0.3) is 5.91 Å². The van der Waals surface area contributed by atoms with Gasteiger partial charge >= 0.3 is 12.0 Å². The third-order valence-corrected chi connectivity index (χ3v) is 4.56. The Bertz CT molecular complexity index is 697. The van der Waals surface area contributed by atoms with Crippen LogP contribution in [-0.2, 0) is 20.9 Å². The van der Waals surface area contributed by atoms with Crippen LogP contribution >= 0.6 is 15.9 Å². The van der Waals surface area contributed by atoms with Crippen LogP contribution in [0.3, 0.4) is 0 Å². The highest BCUT2D eigenvalue weighted by Gasteiger charge is 2.47. The fourth-order valence-corrected chi connectivity index (χ4v) is 2.90. The van der Waals surface area contributed by atoms with Crippen molar-refractivity contribution >= 4 is 33.8 Å². The minimum atomic E-state index is -0.995. The molecular weight excluding hydrogens is 395 g/mol. The van der Waals surface area contributed by atoms with Gasteiger partial charge in [-0.05, 0) is 25.5 Å². The summed E-state index contributed by atoms with van der Waals surface area (Å²) in [6.07, 6.45) is 2.17. The molecule has 0 bridgehead atoms. The number of nitrogens with zero attached hydrogens (tertiary/aromatic N) is 1. The number of amides is 3. The van der Waals surface area contributed by atoms with Gasteiger partial charge in [-0.25, -0.2) is 9.18 Å². The quantitative estimate of drug-likeness (QED) is 0.549. The Hall–Kier alpha value is -1.96. The number of rotatable bonds is 7. The molecule has 1 aromatic carbocycles. The normalized spacial score (nSPS) is 19.9. The van der Waals surface area contributed by atoms with E-state index < -0.39 is 35.8 Å². The molecule has 1 aromatic rings. The summed E-state index contributed by atoms with van der Waals surface area (Å²) in [5.74, 6) is -1.73. The van der Waals surface area contributed by atoms with Gasteiger partial charge in [0.05, 0.1) is 0 Å². The summed E-state index contributed by atoms with van der Waals surface area (Å²) in [5, 5.41) is 2.62. The monoisotopic (exact) mass is 414 g/mol. The molecule has 2 rings (SSSR count). The largest absolute Gasteiger partial charge is 0.459 e. The molecule has 1 aliphatic heterocycles. The second kappa shape index (κ2) is 7.95. The first-order chi connectivity index (χ1) is 11.8. The second-order valence-electron chi connectivity index (χ2n) is 6.15. The van der Waals surface area contributed by atoms with Crippen LogP contribution in [0, 0.1) is 5.82 Å². The lowest BCUT2D eigenvalue weighted by molar-refractivity contribution is -0.148. The molecule has 1 atom stereocenters. The summed E-state index contributed by atoms with van der Waals surface area (Å²) in [4.78, 5) is 37.2. The molecule has 0 radical (unpaired) electrons. The standard InChI is InChI=1S/C17H20BrFN2O4/c1-3-4-7-17(2)15(23)21(16(24)20-17)9-14(22)25-10-11-5-6-12(18)8-13(11)19/h5-6,8H,3-4,7,9-10H2,1-2H3,(H,20,24)/t17-/m0/s1. The first-order valence-corrected chi connectivity index (χ1v) is 8.80. The molecule has 0 aliphatic carbocycles. The first kappa shape index (κ1) is 19.4. The highest BCUT2D eigenvalue weighted by Crippen LogP contribution is 2.23. The second-order valence-corrected chi connectivity index (χ2v) is 7.07. The molecule has 136 valence electrons. The highest BCUT2D eigenvalue weighted by molar-refractivity contribution is 9.10. The summed E-state index contributed by atoms with van der Waals surface area (Å²) in [5.41, 5.74) is -0.785. The number of nitrogens with one attached hydrogen (secondary N) is 1. The highest BCUT2D eigenvalue weighted by atomic mass is 79.9. The zero-order chi connectivity index (χ0) is 18.6. The smallest absolute Gasteiger partial charge is 0.326 e. The van der Waals surface area contributed by atoms with Gasteiger partial charge < -0.3 is 10.1 Å².